The van der Waals surface area contributed by atoms with Gasteiger partial charge in [-0.1, -0.05) is 35.9 Å². The molecule has 1 saturated heterocycles. The van der Waals surface area contributed by atoms with Gasteiger partial charge >= 0.3 is 0 Å². The van der Waals surface area contributed by atoms with Gasteiger partial charge in [0, 0.05) is 17.5 Å². The predicted octanol–water partition coefficient (Wildman–Crippen LogP) is 3.42. The van der Waals surface area contributed by atoms with Gasteiger partial charge in [-0.2, -0.15) is 0 Å². The van der Waals surface area contributed by atoms with E-state index >= 15 is 0 Å². The van der Waals surface area contributed by atoms with Crippen LogP contribution in [0.15, 0.2) is 41.8 Å². The lowest BCUT2D eigenvalue weighted by Crippen LogP contribution is -2.43. The second kappa shape index (κ2) is 7.92. The molecular formula is C20H25NO3S2. The van der Waals surface area contributed by atoms with Gasteiger partial charge in [0.15, 0.2) is 9.84 Å². The molecule has 2 aromatic rings. The first-order chi connectivity index (χ1) is 12.4. The molecule has 0 aliphatic carbocycles. The Morgan fingerprint density at radius 3 is 2.54 bits per heavy atom. The van der Waals surface area contributed by atoms with E-state index in [9.17, 15) is 13.2 Å². The molecule has 1 aliphatic rings. The second-order valence-electron chi connectivity index (χ2n) is 6.93. The zero-order valence-corrected chi connectivity index (χ0v) is 16.9. The minimum absolute atomic E-state index is 0.0341. The quantitative estimate of drug-likeness (QED) is 0.758. The summed E-state index contributed by atoms with van der Waals surface area (Å²) >= 11 is 1.65. The average molecular weight is 392 g/mol. The van der Waals surface area contributed by atoms with Crippen LogP contribution in [-0.2, 0) is 21.1 Å². The van der Waals surface area contributed by atoms with Gasteiger partial charge in [0.1, 0.15) is 0 Å². The summed E-state index contributed by atoms with van der Waals surface area (Å²) in [6.45, 7) is 4.49. The van der Waals surface area contributed by atoms with Crippen molar-refractivity contribution in [2.45, 2.75) is 38.6 Å². The van der Waals surface area contributed by atoms with E-state index in [-0.39, 0.29) is 29.4 Å². The summed E-state index contributed by atoms with van der Waals surface area (Å²) in [5.41, 5.74) is 2.15. The summed E-state index contributed by atoms with van der Waals surface area (Å²) in [5.74, 6) is 0.0256. The van der Waals surface area contributed by atoms with E-state index in [0.717, 1.165) is 11.1 Å². The van der Waals surface area contributed by atoms with Gasteiger partial charge in [-0.25, -0.2) is 8.42 Å². The van der Waals surface area contributed by atoms with E-state index in [0.29, 0.717) is 19.4 Å². The monoisotopic (exact) mass is 391 g/mol. The van der Waals surface area contributed by atoms with Crippen LogP contribution in [0.3, 0.4) is 0 Å². The number of hydrogen-bond donors (Lipinski definition) is 0. The number of sulfone groups is 1. The highest BCUT2D eigenvalue weighted by molar-refractivity contribution is 7.91. The molecule has 6 heteroatoms. The number of amides is 1. The third kappa shape index (κ3) is 4.35. The molecule has 4 nitrogen and oxygen atoms in total. The van der Waals surface area contributed by atoms with Crippen molar-refractivity contribution >= 4 is 27.1 Å². The van der Waals surface area contributed by atoms with Crippen LogP contribution >= 0.6 is 11.3 Å². The molecule has 140 valence electrons. The molecule has 0 bridgehead atoms. The third-order valence-electron chi connectivity index (χ3n) is 5.04. The fourth-order valence-electron chi connectivity index (χ4n) is 3.59. The Morgan fingerprint density at radius 2 is 2.00 bits per heavy atom. The predicted molar refractivity (Wildman–Crippen MR) is 106 cm³/mol. The van der Waals surface area contributed by atoms with Gasteiger partial charge in [0.2, 0.25) is 5.91 Å². The van der Waals surface area contributed by atoms with E-state index in [1.165, 1.54) is 4.88 Å². The fraction of sp³-hybridized carbons (Fsp3) is 0.450. The molecular weight excluding hydrogens is 366 g/mol. The van der Waals surface area contributed by atoms with Crippen molar-refractivity contribution in [3.8, 4) is 0 Å². The summed E-state index contributed by atoms with van der Waals surface area (Å²) in [5, 5.41) is 2.02. The van der Waals surface area contributed by atoms with Crippen LogP contribution in [0.1, 0.15) is 35.3 Å². The molecule has 1 amide bonds. The third-order valence-corrected chi connectivity index (χ3v) is 7.69. The normalized spacial score (nSPS) is 20.0. The smallest absolute Gasteiger partial charge is 0.230 e. The van der Waals surface area contributed by atoms with Gasteiger partial charge in [0.25, 0.3) is 0 Å². The number of hydrogen-bond acceptors (Lipinski definition) is 4. The van der Waals surface area contributed by atoms with Crippen molar-refractivity contribution in [1.29, 1.82) is 0 Å². The van der Waals surface area contributed by atoms with Crippen LogP contribution in [0.25, 0.3) is 0 Å². The molecule has 2 unspecified atom stereocenters. The summed E-state index contributed by atoms with van der Waals surface area (Å²) in [7, 11) is -3.02. The van der Waals surface area contributed by atoms with Crippen LogP contribution in [0.4, 0.5) is 0 Å². The number of likely N-dealkylation sites (N-methyl/N-ethyl adjacent to an activating group) is 1. The van der Waals surface area contributed by atoms with Crippen molar-refractivity contribution in [3.63, 3.8) is 0 Å². The fourth-order valence-corrected chi connectivity index (χ4v) is 6.07. The highest BCUT2D eigenvalue weighted by atomic mass is 32.2. The number of nitrogens with zero attached hydrogens (tertiary/aromatic N) is 1. The number of benzene rings is 1. The standard InChI is InChI=1S/C20H25NO3S2/c1-3-21(17-10-12-26(23,24)14-17)20(22)19(13-18-5-4-11-25-18)16-8-6-15(2)7-9-16/h4-9,11,17,19H,3,10,12-14H2,1-2H3. The maximum Gasteiger partial charge on any atom is 0.230 e. The summed E-state index contributed by atoms with van der Waals surface area (Å²) in [6.07, 6.45) is 1.19. The van der Waals surface area contributed by atoms with Gasteiger partial charge in [-0.05, 0) is 43.7 Å². The summed E-state index contributed by atoms with van der Waals surface area (Å²) in [4.78, 5) is 16.4. The van der Waals surface area contributed by atoms with Crippen molar-refractivity contribution in [3.05, 3.63) is 57.8 Å². The highest BCUT2D eigenvalue weighted by Gasteiger charge is 2.36. The Hall–Kier alpha value is -1.66. The van der Waals surface area contributed by atoms with E-state index in [1.807, 2.05) is 49.6 Å². The van der Waals surface area contributed by atoms with Crippen molar-refractivity contribution in [1.82, 2.24) is 4.90 Å². The Labute approximate surface area is 159 Å². The van der Waals surface area contributed by atoms with E-state index in [1.54, 1.807) is 16.2 Å². The maximum atomic E-state index is 13.4. The van der Waals surface area contributed by atoms with Crippen LogP contribution in [0.2, 0.25) is 0 Å². The summed E-state index contributed by atoms with van der Waals surface area (Å²) in [6, 6.07) is 11.9. The molecule has 2 heterocycles. The number of rotatable bonds is 6. The molecule has 0 spiro atoms. The lowest BCUT2D eigenvalue weighted by molar-refractivity contribution is -0.134. The van der Waals surface area contributed by atoms with E-state index in [2.05, 4.69) is 6.07 Å². The minimum Gasteiger partial charge on any atom is -0.338 e. The first-order valence-corrected chi connectivity index (χ1v) is 11.7. The maximum absolute atomic E-state index is 13.4. The van der Waals surface area contributed by atoms with Crippen molar-refractivity contribution in [2.75, 3.05) is 18.1 Å². The zero-order chi connectivity index (χ0) is 18.7. The first kappa shape index (κ1) is 19.1. The number of carbonyl (C=O) groups excluding carboxylic acids is 1. The first-order valence-electron chi connectivity index (χ1n) is 8.99. The Bertz CT molecular complexity index is 842. The van der Waals surface area contributed by atoms with E-state index in [4.69, 9.17) is 0 Å². The lowest BCUT2D eigenvalue weighted by Gasteiger charge is -2.31. The molecule has 1 fully saturated rings. The van der Waals surface area contributed by atoms with Crippen LogP contribution in [-0.4, -0.2) is 43.3 Å². The number of aryl methyl sites for hydroxylation is 1. The minimum atomic E-state index is -3.02. The largest absolute Gasteiger partial charge is 0.338 e. The number of thiophene rings is 1. The van der Waals surface area contributed by atoms with E-state index < -0.39 is 9.84 Å². The molecule has 0 saturated carbocycles. The molecule has 1 aromatic heterocycles. The molecule has 0 radical (unpaired) electrons. The summed E-state index contributed by atoms with van der Waals surface area (Å²) < 4.78 is 23.8. The van der Waals surface area contributed by atoms with Crippen LogP contribution in [0, 0.1) is 6.92 Å². The number of carbonyl (C=O) groups is 1. The molecule has 0 N–H and O–H groups in total. The van der Waals surface area contributed by atoms with Gasteiger partial charge in [-0.15, -0.1) is 11.3 Å². The highest BCUT2D eigenvalue weighted by Crippen LogP contribution is 2.28. The Morgan fingerprint density at radius 1 is 1.27 bits per heavy atom. The van der Waals surface area contributed by atoms with Crippen molar-refractivity contribution in [2.24, 2.45) is 0 Å². The molecule has 26 heavy (non-hydrogen) atoms. The van der Waals surface area contributed by atoms with Crippen LogP contribution < -0.4 is 0 Å². The van der Waals surface area contributed by atoms with Gasteiger partial charge < -0.3 is 4.90 Å². The molecule has 2 atom stereocenters. The van der Waals surface area contributed by atoms with Gasteiger partial charge in [-0.3, -0.25) is 4.79 Å². The Balaban J connectivity index is 1.89. The van der Waals surface area contributed by atoms with Gasteiger partial charge in [0.05, 0.1) is 17.4 Å². The average Bonchev–Trinajstić information content (AvgIpc) is 3.24. The topological polar surface area (TPSA) is 54.5 Å². The SMILES string of the molecule is CCN(C(=O)C(Cc1cccs1)c1ccc(C)cc1)C1CCS(=O)(=O)C1. The lowest BCUT2D eigenvalue weighted by atomic mass is 9.92. The molecule has 3 rings (SSSR count). The van der Waals surface area contributed by atoms with Crippen molar-refractivity contribution < 1.29 is 13.2 Å². The Kier molecular flexibility index (Phi) is 5.82. The zero-order valence-electron chi connectivity index (χ0n) is 15.2. The molecule has 1 aliphatic heterocycles. The van der Waals surface area contributed by atoms with Crippen LogP contribution in [0.5, 0.6) is 0 Å². The second-order valence-corrected chi connectivity index (χ2v) is 10.2. The molecule has 1 aromatic carbocycles.